The van der Waals surface area contributed by atoms with Gasteiger partial charge in [0.25, 0.3) is 0 Å². The summed E-state index contributed by atoms with van der Waals surface area (Å²) in [5.74, 6) is 0. The highest BCUT2D eigenvalue weighted by molar-refractivity contribution is 5.66. The first-order valence-electron chi connectivity index (χ1n) is 8.42. The standard InChI is InChI=1S/C21H26N2O/c1-14-6-8-19(10-16(14)3)22-13-23(21(12-24)18(22)5)20-9-7-15(2)17(4)11-20/h6-11,24H,12-13H2,1-5H3. The van der Waals surface area contributed by atoms with Crippen molar-refractivity contribution in [3.05, 3.63) is 70.0 Å². The highest BCUT2D eigenvalue weighted by Crippen LogP contribution is 2.34. The minimum atomic E-state index is 0.0418. The molecule has 0 aromatic heterocycles. The van der Waals surface area contributed by atoms with Crippen LogP contribution in [0.25, 0.3) is 0 Å². The number of rotatable bonds is 3. The van der Waals surface area contributed by atoms with E-state index in [2.05, 4.69) is 80.8 Å². The summed E-state index contributed by atoms with van der Waals surface area (Å²) >= 11 is 0. The van der Waals surface area contributed by atoms with Crippen molar-refractivity contribution in [1.29, 1.82) is 0 Å². The molecule has 3 nitrogen and oxygen atoms in total. The van der Waals surface area contributed by atoms with Crippen molar-refractivity contribution in [3.63, 3.8) is 0 Å². The number of allylic oxidation sites excluding steroid dienone is 1. The zero-order valence-electron chi connectivity index (χ0n) is 15.2. The van der Waals surface area contributed by atoms with E-state index >= 15 is 0 Å². The fourth-order valence-electron chi connectivity index (χ4n) is 3.18. The minimum Gasteiger partial charge on any atom is -0.390 e. The van der Waals surface area contributed by atoms with Crippen LogP contribution in [0.5, 0.6) is 0 Å². The lowest BCUT2D eigenvalue weighted by Crippen LogP contribution is -2.28. The second kappa shape index (κ2) is 6.33. The average Bonchev–Trinajstić information content (AvgIpc) is 2.89. The third-order valence-electron chi connectivity index (χ3n) is 5.19. The number of benzene rings is 2. The number of nitrogens with zero attached hydrogens (tertiary/aromatic N) is 2. The van der Waals surface area contributed by atoms with Gasteiger partial charge in [-0.1, -0.05) is 12.1 Å². The molecule has 2 aromatic rings. The number of aliphatic hydroxyl groups is 1. The molecule has 0 aliphatic carbocycles. The van der Waals surface area contributed by atoms with Crippen LogP contribution in [-0.4, -0.2) is 18.4 Å². The summed E-state index contributed by atoms with van der Waals surface area (Å²) in [4.78, 5) is 4.48. The molecule has 0 fully saturated rings. The molecule has 0 radical (unpaired) electrons. The lowest BCUT2D eigenvalue weighted by Gasteiger charge is -2.25. The van der Waals surface area contributed by atoms with E-state index in [1.165, 1.54) is 27.9 Å². The van der Waals surface area contributed by atoms with Crippen LogP contribution in [-0.2, 0) is 0 Å². The van der Waals surface area contributed by atoms with Gasteiger partial charge in [0, 0.05) is 17.1 Å². The normalized spacial score (nSPS) is 14.8. The quantitative estimate of drug-likeness (QED) is 0.905. The van der Waals surface area contributed by atoms with E-state index in [0.29, 0.717) is 0 Å². The van der Waals surface area contributed by atoms with E-state index in [0.717, 1.165) is 23.8 Å². The molecule has 0 bridgehead atoms. The predicted octanol–water partition coefficient (Wildman–Crippen LogP) is 4.43. The Morgan fingerprint density at radius 3 is 1.71 bits per heavy atom. The van der Waals surface area contributed by atoms with Crippen LogP contribution in [0.1, 0.15) is 29.2 Å². The van der Waals surface area contributed by atoms with Crippen molar-refractivity contribution in [3.8, 4) is 0 Å². The molecule has 3 heteroatoms. The Balaban J connectivity index is 1.99. The van der Waals surface area contributed by atoms with Crippen LogP contribution in [0.15, 0.2) is 47.8 Å². The minimum absolute atomic E-state index is 0.0418. The van der Waals surface area contributed by atoms with Crippen LogP contribution in [0, 0.1) is 27.7 Å². The van der Waals surface area contributed by atoms with Gasteiger partial charge in [0.2, 0.25) is 0 Å². The Hall–Kier alpha value is -2.26. The number of aliphatic hydroxyl groups excluding tert-OH is 1. The summed E-state index contributed by atoms with van der Waals surface area (Å²) in [7, 11) is 0. The number of hydrogen-bond acceptors (Lipinski definition) is 3. The molecule has 0 unspecified atom stereocenters. The Bertz CT molecular complexity index is 807. The molecule has 2 aromatic carbocycles. The molecule has 0 saturated heterocycles. The van der Waals surface area contributed by atoms with Crippen LogP contribution in [0.4, 0.5) is 11.4 Å². The van der Waals surface area contributed by atoms with Gasteiger partial charge in [0.05, 0.1) is 19.0 Å². The highest BCUT2D eigenvalue weighted by Gasteiger charge is 2.28. The van der Waals surface area contributed by atoms with E-state index < -0.39 is 0 Å². The average molecular weight is 322 g/mol. The smallest absolute Gasteiger partial charge is 0.0995 e. The van der Waals surface area contributed by atoms with Crippen molar-refractivity contribution >= 4 is 11.4 Å². The highest BCUT2D eigenvalue weighted by atomic mass is 16.3. The van der Waals surface area contributed by atoms with Crippen LogP contribution in [0.3, 0.4) is 0 Å². The molecule has 126 valence electrons. The Kier molecular flexibility index (Phi) is 4.37. The Morgan fingerprint density at radius 2 is 1.25 bits per heavy atom. The van der Waals surface area contributed by atoms with E-state index in [1.807, 2.05) is 0 Å². The van der Waals surface area contributed by atoms with Crippen molar-refractivity contribution in [2.75, 3.05) is 23.1 Å². The van der Waals surface area contributed by atoms with E-state index in [1.54, 1.807) is 0 Å². The van der Waals surface area contributed by atoms with Gasteiger partial charge in [-0.25, -0.2) is 0 Å². The first-order valence-corrected chi connectivity index (χ1v) is 8.42. The lowest BCUT2D eigenvalue weighted by atomic mass is 10.1. The van der Waals surface area contributed by atoms with Gasteiger partial charge in [-0.2, -0.15) is 0 Å². The second-order valence-corrected chi connectivity index (χ2v) is 6.72. The summed E-state index contributed by atoms with van der Waals surface area (Å²) in [5.41, 5.74) is 9.53. The molecule has 24 heavy (non-hydrogen) atoms. The van der Waals surface area contributed by atoms with E-state index in [4.69, 9.17) is 0 Å². The molecule has 1 heterocycles. The summed E-state index contributed by atoms with van der Waals surface area (Å²) in [6, 6.07) is 13.0. The Labute approximate surface area is 144 Å². The van der Waals surface area contributed by atoms with Crippen LogP contribution in [0.2, 0.25) is 0 Å². The molecule has 1 aliphatic rings. The van der Waals surface area contributed by atoms with Gasteiger partial charge in [-0.15, -0.1) is 0 Å². The Morgan fingerprint density at radius 1 is 0.750 bits per heavy atom. The van der Waals surface area contributed by atoms with E-state index in [9.17, 15) is 5.11 Å². The first-order chi connectivity index (χ1) is 11.4. The van der Waals surface area contributed by atoms with Crippen LogP contribution < -0.4 is 9.80 Å². The predicted molar refractivity (Wildman–Crippen MR) is 101 cm³/mol. The molecule has 0 saturated carbocycles. The first kappa shape index (κ1) is 16.6. The van der Waals surface area contributed by atoms with E-state index in [-0.39, 0.29) is 6.61 Å². The maximum atomic E-state index is 9.93. The number of aryl methyl sites for hydroxylation is 4. The maximum Gasteiger partial charge on any atom is 0.0995 e. The third-order valence-corrected chi connectivity index (χ3v) is 5.19. The van der Waals surface area contributed by atoms with Crippen molar-refractivity contribution < 1.29 is 5.11 Å². The lowest BCUT2D eigenvalue weighted by molar-refractivity contribution is 0.328. The van der Waals surface area contributed by atoms with Gasteiger partial charge < -0.3 is 14.9 Å². The largest absolute Gasteiger partial charge is 0.390 e. The van der Waals surface area contributed by atoms with Crippen LogP contribution >= 0.6 is 0 Å². The second-order valence-electron chi connectivity index (χ2n) is 6.72. The topological polar surface area (TPSA) is 26.7 Å². The summed E-state index contributed by atoms with van der Waals surface area (Å²) in [6.07, 6.45) is 0. The summed E-state index contributed by atoms with van der Waals surface area (Å²) < 4.78 is 0. The molecule has 0 amide bonds. The summed E-state index contributed by atoms with van der Waals surface area (Å²) in [6.45, 7) is 11.4. The van der Waals surface area contributed by atoms with Crippen molar-refractivity contribution in [2.45, 2.75) is 34.6 Å². The number of hydrogen-bond donors (Lipinski definition) is 1. The van der Waals surface area contributed by atoms with Gasteiger partial charge in [0.15, 0.2) is 0 Å². The van der Waals surface area contributed by atoms with Gasteiger partial charge in [-0.3, -0.25) is 0 Å². The fourth-order valence-corrected chi connectivity index (χ4v) is 3.18. The number of anilines is 2. The van der Waals surface area contributed by atoms with Crippen molar-refractivity contribution in [1.82, 2.24) is 0 Å². The molecule has 1 N–H and O–H groups in total. The fraction of sp³-hybridized carbons (Fsp3) is 0.333. The molecular formula is C21H26N2O. The zero-order chi connectivity index (χ0) is 17.4. The third kappa shape index (κ3) is 2.80. The maximum absolute atomic E-state index is 9.93. The molecule has 1 aliphatic heterocycles. The zero-order valence-corrected chi connectivity index (χ0v) is 15.2. The summed E-state index contributed by atoms with van der Waals surface area (Å²) in [5, 5.41) is 9.93. The molecule has 0 spiro atoms. The molecular weight excluding hydrogens is 296 g/mol. The van der Waals surface area contributed by atoms with Crippen molar-refractivity contribution in [2.24, 2.45) is 0 Å². The molecule has 0 atom stereocenters. The van der Waals surface area contributed by atoms with Gasteiger partial charge in [0.1, 0.15) is 0 Å². The van der Waals surface area contributed by atoms with Gasteiger partial charge in [-0.05, 0) is 81.1 Å². The molecule has 3 rings (SSSR count). The SMILES string of the molecule is CC1=C(CO)N(c2ccc(C)c(C)c2)CN1c1ccc(C)c(C)c1. The van der Waals surface area contributed by atoms with Gasteiger partial charge >= 0.3 is 0 Å². The monoisotopic (exact) mass is 322 g/mol.